The molecule has 2 aromatic rings. The summed E-state index contributed by atoms with van der Waals surface area (Å²) in [7, 11) is 1.69. The van der Waals surface area contributed by atoms with Crippen LogP contribution in [0.3, 0.4) is 0 Å². The van der Waals surface area contributed by atoms with Crippen LogP contribution in [0.2, 0.25) is 0 Å². The van der Waals surface area contributed by atoms with Crippen LogP contribution in [-0.4, -0.2) is 28.4 Å². The zero-order valence-corrected chi connectivity index (χ0v) is 13.0. The van der Waals surface area contributed by atoms with Crippen molar-refractivity contribution in [3.05, 3.63) is 42.0 Å². The van der Waals surface area contributed by atoms with Gasteiger partial charge in [0, 0.05) is 19.0 Å². The normalized spacial score (nSPS) is 12.3. The van der Waals surface area contributed by atoms with Crippen LogP contribution in [0.25, 0.3) is 0 Å². The topological polar surface area (TPSA) is 52.0 Å². The van der Waals surface area contributed by atoms with Crippen LogP contribution in [-0.2, 0) is 13.0 Å². The monoisotopic (exact) mass is 288 g/mol. The molecule has 0 radical (unpaired) electrons. The largest absolute Gasteiger partial charge is 0.497 e. The van der Waals surface area contributed by atoms with Gasteiger partial charge in [0.2, 0.25) is 0 Å². The van der Waals surface area contributed by atoms with E-state index in [4.69, 9.17) is 4.74 Å². The van der Waals surface area contributed by atoms with Crippen molar-refractivity contribution in [3.8, 4) is 5.75 Å². The Labute approximate surface area is 126 Å². The molecule has 0 aliphatic rings. The van der Waals surface area contributed by atoms with Crippen molar-refractivity contribution in [2.45, 2.75) is 39.3 Å². The predicted molar refractivity (Wildman–Crippen MR) is 83.4 cm³/mol. The molecular formula is C16H24N4O. The number of methoxy groups -OCH3 is 1. The lowest BCUT2D eigenvalue weighted by Gasteiger charge is -2.19. The molecule has 1 atom stereocenters. The molecule has 0 spiro atoms. The van der Waals surface area contributed by atoms with E-state index in [2.05, 4.69) is 41.4 Å². The SMILES string of the molecule is CCCn1ncnc1CC(NCC)c1cccc(OC)c1. The van der Waals surface area contributed by atoms with Gasteiger partial charge in [-0.05, 0) is 30.7 Å². The highest BCUT2D eigenvalue weighted by molar-refractivity contribution is 5.31. The van der Waals surface area contributed by atoms with Gasteiger partial charge < -0.3 is 10.1 Å². The fourth-order valence-corrected chi connectivity index (χ4v) is 2.44. The van der Waals surface area contributed by atoms with Gasteiger partial charge in [0.05, 0.1) is 7.11 Å². The molecule has 0 saturated carbocycles. The Bertz CT molecular complexity index is 553. The van der Waals surface area contributed by atoms with Crippen molar-refractivity contribution >= 4 is 0 Å². The lowest BCUT2D eigenvalue weighted by Crippen LogP contribution is -2.24. The molecule has 1 N–H and O–H groups in total. The van der Waals surface area contributed by atoms with Gasteiger partial charge >= 0.3 is 0 Å². The van der Waals surface area contributed by atoms with E-state index >= 15 is 0 Å². The first-order chi connectivity index (χ1) is 10.3. The van der Waals surface area contributed by atoms with Gasteiger partial charge in [-0.25, -0.2) is 4.98 Å². The number of aryl methyl sites for hydroxylation is 1. The summed E-state index contributed by atoms with van der Waals surface area (Å²) in [4.78, 5) is 4.41. The first-order valence-electron chi connectivity index (χ1n) is 7.52. The number of ether oxygens (including phenoxy) is 1. The van der Waals surface area contributed by atoms with Crippen molar-refractivity contribution in [3.63, 3.8) is 0 Å². The second kappa shape index (κ2) is 7.78. The first-order valence-corrected chi connectivity index (χ1v) is 7.52. The third kappa shape index (κ3) is 4.04. The summed E-state index contributed by atoms with van der Waals surface area (Å²) in [6.07, 6.45) is 3.52. The molecule has 1 aromatic carbocycles. The average Bonchev–Trinajstić information content (AvgIpc) is 2.94. The molecule has 0 saturated heterocycles. The molecule has 1 unspecified atom stereocenters. The summed E-state index contributed by atoms with van der Waals surface area (Å²) in [6, 6.07) is 8.40. The van der Waals surface area contributed by atoms with Gasteiger partial charge in [-0.2, -0.15) is 5.10 Å². The number of likely N-dealkylation sites (N-methyl/N-ethyl adjacent to an activating group) is 1. The minimum absolute atomic E-state index is 0.213. The minimum Gasteiger partial charge on any atom is -0.497 e. The number of nitrogens with one attached hydrogen (secondary N) is 1. The number of benzene rings is 1. The second-order valence-electron chi connectivity index (χ2n) is 4.99. The number of hydrogen-bond donors (Lipinski definition) is 1. The molecule has 0 amide bonds. The van der Waals surface area contributed by atoms with Gasteiger partial charge in [0.1, 0.15) is 17.9 Å². The summed E-state index contributed by atoms with van der Waals surface area (Å²) in [6.45, 7) is 6.08. The van der Waals surface area contributed by atoms with Crippen LogP contribution in [0, 0.1) is 0 Å². The van der Waals surface area contributed by atoms with E-state index in [1.165, 1.54) is 5.56 Å². The molecular weight excluding hydrogens is 264 g/mol. The smallest absolute Gasteiger partial charge is 0.138 e. The average molecular weight is 288 g/mol. The van der Waals surface area contributed by atoms with Crippen LogP contribution in [0.1, 0.15) is 37.7 Å². The molecule has 0 fully saturated rings. The van der Waals surface area contributed by atoms with Crippen molar-refractivity contribution in [1.29, 1.82) is 0 Å². The lowest BCUT2D eigenvalue weighted by atomic mass is 10.0. The van der Waals surface area contributed by atoms with Crippen molar-refractivity contribution < 1.29 is 4.74 Å². The quantitative estimate of drug-likeness (QED) is 0.811. The third-order valence-corrected chi connectivity index (χ3v) is 3.46. The number of aromatic nitrogens is 3. The van der Waals surface area contributed by atoms with Gasteiger partial charge in [-0.1, -0.05) is 26.0 Å². The minimum atomic E-state index is 0.213. The maximum Gasteiger partial charge on any atom is 0.138 e. The Morgan fingerprint density at radius 3 is 2.90 bits per heavy atom. The van der Waals surface area contributed by atoms with E-state index in [1.807, 2.05) is 16.8 Å². The Morgan fingerprint density at radius 1 is 1.33 bits per heavy atom. The van der Waals surface area contributed by atoms with Crippen molar-refractivity contribution in [2.24, 2.45) is 0 Å². The molecule has 5 heteroatoms. The van der Waals surface area contributed by atoms with Crippen LogP contribution in [0.15, 0.2) is 30.6 Å². The molecule has 0 aliphatic carbocycles. The summed E-state index contributed by atoms with van der Waals surface area (Å²) >= 11 is 0. The number of hydrogen-bond acceptors (Lipinski definition) is 4. The zero-order valence-electron chi connectivity index (χ0n) is 13.0. The molecule has 1 heterocycles. The van der Waals surface area contributed by atoms with Crippen LogP contribution < -0.4 is 10.1 Å². The Hall–Kier alpha value is -1.88. The fourth-order valence-electron chi connectivity index (χ4n) is 2.44. The predicted octanol–water partition coefficient (Wildman–Crippen LogP) is 2.59. The van der Waals surface area contributed by atoms with Gasteiger partial charge in [-0.3, -0.25) is 4.68 Å². The van der Waals surface area contributed by atoms with Crippen molar-refractivity contribution in [1.82, 2.24) is 20.1 Å². The van der Waals surface area contributed by atoms with E-state index < -0.39 is 0 Å². The summed E-state index contributed by atoms with van der Waals surface area (Å²) in [5, 5.41) is 7.82. The van der Waals surface area contributed by atoms with Gasteiger partial charge in [0.15, 0.2) is 0 Å². The van der Waals surface area contributed by atoms with Crippen LogP contribution in [0.5, 0.6) is 5.75 Å². The standard InChI is InChI=1S/C16H24N4O/c1-4-9-20-16(18-12-19-20)11-15(17-5-2)13-7-6-8-14(10-13)21-3/h6-8,10,12,15,17H,4-5,9,11H2,1-3H3. The van der Waals surface area contributed by atoms with E-state index in [-0.39, 0.29) is 6.04 Å². The summed E-state index contributed by atoms with van der Waals surface area (Å²) < 4.78 is 7.31. The van der Waals surface area contributed by atoms with E-state index in [0.717, 1.165) is 37.5 Å². The van der Waals surface area contributed by atoms with E-state index in [0.29, 0.717) is 0 Å². The molecule has 0 aliphatic heterocycles. The van der Waals surface area contributed by atoms with Gasteiger partial charge in [0.25, 0.3) is 0 Å². The summed E-state index contributed by atoms with van der Waals surface area (Å²) in [5.41, 5.74) is 1.21. The maximum absolute atomic E-state index is 5.32. The third-order valence-electron chi connectivity index (χ3n) is 3.46. The summed E-state index contributed by atoms with van der Waals surface area (Å²) in [5.74, 6) is 1.90. The number of rotatable bonds is 8. The second-order valence-corrected chi connectivity index (χ2v) is 4.99. The van der Waals surface area contributed by atoms with Crippen LogP contribution in [0.4, 0.5) is 0 Å². The maximum atomic E-state index is 5.32. The van der Waals surface area contributed by atoms with E-state index in [9.17, 15) is 0 Å². The Morgan fingerprint density at radius 2 is 2.19 bits per heavy atom. The zero-order chi connectivity index (χ0) is 15.1. The van der Waals surface area contributed by atoms with E-state index in [1.54, 1.807) is 13.4 Å². The van der Waals surface area contributed by atoms with Crippen molar-refractivity contribution in [2.75, 3.05) is 13.7 Å². The van der Waals surface area contributed by atoms with Crippen LogP contribution >= 0.6 is 0 Å². The molecule has 0 bridgehead atoms. The molecule has 1 aromatic heterocycles. The highest BCUT2D eigenvalue weighted by atomic mass is 16.5. The highest BCUT2D eigenvalue weighted by Crippen LogP contribution is 2.22. The lowest BCUT2D eigenvalue weighted by molar-refractivity contribution is 0.412. The number of nitrogens with zero attached hydrogens (tertiary/aromatic N) is 3. The molecule has 114 valence electrons. The molecule has 5 nitrogen and oxygen atoms in total. The first kappa shape index (κ1) is 15.5. The molecule has 21 heavy (non-hydrogen) atoms. The Balaban J connectivity index is 2.19. The Kier molecular flexibility index (Phi) is 5.75. The fraction of sp³-hybridized carbons (Fsp3) is 0.500. The highest BCUT2D eigenvalue weighted by Gasteiger charge is 2.15. The molecule has 2 rings (SSSR count). The van der Waals surface area contributed by atoms with Gasteiger partial charge in [-0.15, -0.1) is 0 Å².